The van der Waals surface area contributed by atoms with Crippen molar-refractivity contribution in [1.82, 2.24) is 0 Å². The van der Waals surface area contributed by atoms with Crippen LogP contribution >= 0.6 is 11.3 Å². The smallest absolute Gasteiger partial charge is 0.0640 e. The molecule has 56 heavy (non-hydrogen) atoms. The van der Waals surface area contributed by atoms with Crippen molar-refractivity contribution >= 4 is 80.9 Å². The molecule has 1 heterocycles. The van der Waals surface area contributed by atoms with Crippen molar-refractivity contribution in [2.75, 3.05) is 4.90 Å². The van der Waals surface area contributed by atoms with Gasteiger partial charge in [0.1, 0.15) is 0 Å². The van der Waals surface area contributed by atoms with Crippen molar-refractivity contribution in [2.24, 2.45) is 0 Å². The molecule has 0 atom stereocenters. The fraction of sp³-hybridized carbons (Fsp3) is 0. The van der Waals surface area contributed by atoms with Crippen LogP contribution < -0.4 is 4.90 Å². The summed E-state index contributed by atoms with van der Waals surface area (Å²) in [7, 11) is 0. The summed E-state index contributed by atoms with van der Waals surface area (Å²) in [6.45, 7) is 0. The van der Waals surface area contributed by atoms with E-state index in [4.69, 9.17) is 0 Å². The molecule has 11 aromatic rings. The number of benzene rings is 10. The van der Waals surface area contributed by atoms with Crippen LogP contribution in [-0.4, -0.2) is 0 Å². The topological polar surface area (TPSA) is 3.24 Å². The molecular weight excluding hydrogens is 695 g/mol. The van der Waals surface area contributed by atoms with E-state index in [0.29, 0.717) is 0 Å². The van der Waals surface area contributed by atoms with Gasteiger partial charge in [-0.2, -0.15) is 0 Å². The Bertz CT molecular complexity index is 3240. The van der Waals surface area contributed by atoms with Gasteiger partial charge in [-0.25, -0.2) is 0 Å². The van der Waals surface area contributed by atoms with Gasteiger partial charge < -0.3 is 4.90 Å². The fourth-order valence-corrected chi connectivity index (χ4v) is 9.68. The van der Waals surface area contributed by atoms with E-state index >= 15 is 0 Å². The lowest BCUT2D eigenvalue weighted by atomic mass is 9.95. The summed E-state index contributed by atoms with van der Waals surface area (Å²) in [5.74, 6) is 0. The normalized spacial score (nSPS) is 11.6. The number of hydrogen-bond acceptors (Lipinski definition) is 2. The number of thiophene rings is 1. The largest absolute Gasteiger partial charge is 0.309 e. The lowest BCUT2D eigenvalue weighted by Gasteiger charge is -2.26. The van der Waals surface area contributed by atoms with Gasteiger partial charge in [-0.15, -0.1) is 11.3 Å². The van der Waals surface area contributed by atoms with Gasteiger partial charge in [-0.1, -0.05) is 164 Å². The third kappa shape index (κ3) is 5.54. The predicted octanol–water partition coefficient (Wildman–Crippen LogP) is 16.0. The number of rotatable bonds is 6. The van der Waals surface area contributed by atoms with Gasteiger partial charge >= 0.3 is 0 Å². The molecule has 0 saturated carbocycles. The molecule has 1 aromatic heterocycles. The van der Waals surface area contributed by atoms with Crippen molar-refractivity contribution in [3.05, 3.63) is 212 Å². The zero-order valence-electron chi connectivity index (χ0n) is 30.6. The zero-order chi connectivity index (χ0) is 37.0. The van der Waals surface area contributed by atoms with E-state index in [0.717, 1.165) is 11.4 Å². The van der Waals surface area contributed by atoms with Gasteiger partial charge in [0.2, 0.25) is 0 Å². The SMILES string of the molecule is c1cc(-c2ccc(N(c3ccc(-c4ccc5c(ccc6ccccc65)c4)cc3)c3cccc4c3sc3ccccc34)cc2)cc(-c2cccc3ccccc23)c1. The summed E-state index contributed by atoms with van der Waals surface area (Å²) in [4.78, 5) is 2.42. The van der Waals surface area contributed by atoms with E-state index in [9.17, 15) is 0 Å². The molecule has 11 rings (SSSR count). The first kappa shape index (κ1) is 32.4. The van der Waals surface area contributed by atoms with E-state index in [-0.39, 0.29) is 0 Å². The van der Waals surface area contributed by atoms with Crippen LogP contribution in [-0.2, 0) is 0 Å². The summed E-state index contributed by atoms with van der Waals surface area (Å²) in [6, 6.07) is 77.7. The van der Waals surface area contributed by atoms with E-state index in [1.807, 2.05) is 11.3 Å². The van der Waals surface area contributed by atoms with Crippen LogP contribution in [0, 0.1) is 0 Å². The summed E-state index contributed by atoms with van der Waals surface area (Å²) < 4.78 is 2.59. The van der Waals surface area contributed by atoms with E-state index in [2.05, 4.69) is 217 Å². The molecule has 0 saturated heterocycles. The zero-order valence-corrected chi connectivity index (χ0v) is 31.4. The molecule has 0 aliphatic carbocycles. The quantitative estimate of drug-likeness (QED) is 0.154. The lowest BCUT2D eigenvalue weighted by molar-refractivity contribution is 1.30. The Morgan fingerprint density at radius 1 is 0.304 bits per heavy atom. The number of fused-ring (bicyclic) bond motifs is 7. The minimum absolute atomic E-state index is 1.12. The summed E-state index contributed by atoms with van der Waals surface area (Å²) in [6.07, 6.45) is 0. The molecule has 0 N–H and O–H groups in total. The predicted molar refractivity (Wildman–Crippen MR) is 243 cm³/mol. The van der Waals surface area contributed by atoms with E-state index in [1.165, 1.54) is 91.6 Å². The molecule has 0 bridgehead atoms. The molecule has 1 nitrogen and oxygen atoms in total. The monoisotopic (exact) mass is 729 g/mol. The molecule has 0 fully saturated rings. The fourth-order valence-electron chi connectivity index (χ4n) is 8.48. The molecule has 262 valence electrons. The third-order valence-corrected chi connectivity index (χ3v) is 12.5. The van der Waals surface area contributed by atoms with Crippen LogP contribution in [0.2, 0.25) is 0 Å². The van der Waals surface area contributed by atoms with E-state index in [1.54, 1.807) is 0 Å². The molecule has 0 aliphatic rings. The van der Waals surface area contributed by atoms with Gasteiger partial charge in [0, 0.05) is 26.8 Å². The highest BCUT2D eigenvalue weighted by Gasteiger charge is 2.19. The van der Waals surface area contributed by atoms with Crippen LogP contribution in [0.4, 0.5) is 17.1 Å². The molecule has 0 amide bonds. The Morgan fingerprint density at radius 2 is 0.839 bits per heavy atom. The molecule has 0 radical (unpaired) electrons. The standard InChI is InChI=1S/C54H35NS/c1-3-15-46-38(10-1)12-8-18-48(46)42-14-7-13-40(34-42)36-24-29-44(30-25-36)55(52-20-9-19-51-50-17-5-6-21-53(50)56-54(51)52)45-31-26-37(27-32-45)41-28-33-49-43(35-41)23-22-39-11-2-4-16-47(39)49/h1-35H. The van der Waals surface area contributed by atoms with Gasteiger partial charge in [0.05, 0.1) is 10.4 Å². The maximum atomic E-state index is 2.42. The minimum Gasteiger partial charge on any atom is -0.309 e. The minimum atomic E-state index is 1.12. The number of nitrogens with zero attached hydrogens (tertiary/aromatic N) is 1. The van der Waals surface area contributed by atoms with Gasteiger partial charge in [-0.05, 0) is 114 Å². The van der Waals surface area contributed by atoms with Crippen LogP contribution in [0.25, 0.3) is 85.9 Å². The van der Waals surface area contributed by atoms with E-state index < -0.39 is 0 Å². The first-order chi connectivity index (χ1) is 27.7. The highest BCUT2D eigenvalue weighted by molar-refractivity contribution is 7.26. The Labute approximate surface area is 330 Å². The average molecular weight is 730 g/mol. The molecule has 10 aromatic carbocycles. The molecule has 0 spiro atoms. The first-order valence-electron chi connectivity index (χ1n) is 19.2. The highest BCUT2D eigenvalue weighted by atomic mass is 32.1. The summed E-state index contributed by atoms with van der Waals surface area (Å²) in [5, 5.41) is 10.2. The van der Waals surface area contributed by atoms with Crippen molar-refractivity contribution in [2.45, 2.75) is 0 Å². The van der Waals surface area contributed by atoms with Crippen LogP contribution in [0.5, 0.6) is 0 Å². The van der Waals surface area contributed by atoms with Gasteiger partial charge in [-0.3, -0.25) is 0 Å². The second kappa shape index (κ2) is 13.4. The Balaban J connectivity index is 0.996. The Kier molecular flexibility index (Phi) is 7.75. The second-order valence-corrected chi connectivity index (χ2v) is 15.6. The highest BCUT2D eigenvalue weighted by Crippen LogP contribution is 2.45. The Hall–Kier alpha value is -7.00. The van der Waals surface area contributed by atoms with Crippen LogP contribution in [0.1, 0.15) is 0 Å². The van der Waals surface area contributed by atoms with Crippen molar-refractivity contribution < 1.29 is 0 Å². The lowest BCUT2D eigenvalue weighted by Crippen LogP contribution is -2.10. The third-order valence-electron chi connectivity index (χ3n) is 11.3. The van der Waals surface area contributed by atoms with Crippen LogP contribution in [0.3, 0.4) is 0 Å². The maximum Gasteiger partial charge on any atom is 0.0640 e. The van der Waals surface area contributed by atoms with Crippen molar-refractivity contribution in [1.29, 1.82) is 0 Å². The first-order valence-corrected chi connectivity index (χ1v) is 20.0. The van der Waals surface area contributed by atoms with Gasteiger partial charge in [0.15, 0.2) is 0 Å². The molecule has 2 heteroatoms. The summed E-state index contributed by atoms with van der Waals surface area (Å²) >= 11 is 1.87. The van der Waals surface area contributed by atoms with Crippen LogP contribution in [0.15, 0.2) is 212 Å². The number of anilines is 3. The molecule has 0 aliphatic heterocycles. The summed E-state index contributed by atoms with van der Waals surface area (Å²) in [5.41, 5.74) is 10.7. The second-order valence-electron chi connectivity index (χ2n) is 14.5. The number of hydrogen-bond donors (Lipinski definition) is 0. The van der Waals surface area contributed by atoms with Crippen molar-refractivity contribution in [3.63, 3.8) is 0 Å². The van der Waals surface area contributed by atoms with Crippen molar-refractivity contribution in [3.8, 4) is 33.4 Å². The maximum absolute atomic E-state index is 2.42. The molecular formula is C54H35NS. The molecule has 0 unspecified atom stereocenters. The van der Waals surface area contributed by atoms with Gasteiger partial charge in [0.25, 0.3) is 0 Å². The Morgan fingerprint density at radius 3 is 1.62 bits per heavy atom. The average Bonchev–Trinajstić information content (AvgIpc) is 3.66.